The van der Waals surface area contributed by atoms with Crippen LogP contribution in [-0.2, 0) is 0 Å². The molecule has 0 radical (unpaired) electrons. The van der Waals surface area contributed by atoms with Gasteiger partial charge in [-0.2, -0.15) is 5.48 Å². The fraction of sp³-hybridized carbons (Fsp3) is 0.0714. The topological polar surface area (TPSA) is 102 Å². The molecule has 0 aliphatic carbocycles. The highest BCUT2D eigenvalue weighted by molar-refractivity contribution is 5.63. The fourth-order valence-corrected chi connectivity index (χ4v) is 1.95. The summed E-state index contributed by atoms with van der Waals surface area (Å²) in [5.74, 6) is 0.0884. The lowest BCUT2D eigenvalue weighted by Gasteiger charge is -2.14. The minimum atomic E-state index is -1.39. The number of hydroxylamine groups is 1. The molecule has 21 heavy (non-hydrogen) atoms. The van der Waals surface area contributed by atoms with Gasteiger partial charge in [0, 0.05) is 10.5 Å². The van der Waals surface area contributed by atoms with Crippen LogP contribution in [0.4, 0.5) is 4.79 Å². The zero-order valence-corrected chi connectivity index (χ0v) is 10.8. The van der Waals surface area contributed by atoms with E-state index in [9.17, 15) is 14.9 Å². The zero-order chi connectivity index (χ0) is 15.2. The lowest BCUT2D eigenvalue weighted by molar-refractivity contribution is -0.517. The molecule has 7 nitrogen and oxygen atoms in total. The van der Waals surface area contributed by atoms with Crippen molar-refractivity contribution < 1.29 is 19.7 Å². The summed E-state index contributed by atoms with van der Waals surface area (Å²) in [6.45, 7) is 0. The fourth-order valence-electron chi connectivity index (χ4n) is 1.95. The van der Waals surface area contributed by atoms with E-state index in [-0.39, 0.29) is 11.3 Å². The molecule has 0 spiro atoms. The summed E-state index contributed by atoms with van der Waals surface area (Å²) < 4.78 is 0. The van der Waals surface area contributed by atoms with Gasteiger partial charge in [0.15, 0.2) is 5.75 Å². The second-order valence-corrected chi connectivity index (χ2v) is 4.15. The van der Waals surface area contributed by atoms with Gasteiger partial charge in [0.2, 0.25) is 0 Å². The molecule has 1 atom stereocenters. The Morgan fingerprint density at radius 2 is 1.76 bits per heavy atom. The van der Waals surface area contributed by atoms with Crippen molar-refractivity contribution in [1.29, 1.82) is 0 Å². The second kappa shape index (κ2) is 6.38. The molecule has 0 heterocycles. The SMILES string of the molecule is O=C(O)NOc1ccccc1C(c1ccccc1)[N+](=O)[O-]. The van der Waals surface area contributed by atoms with Crippen molar-refractivity contribution in [2.45, 2.75) is 6.04 Å². The van der Waals surface area contributed by atoms with Crippen LogP contribution < -0.4 is 10.3 Å². The van der Waals surface area contributed by atoms with Crippen molar-refractivity contribution in [1.82, 2.24) is 5.48 Å². The highest BCUT2D eigenvalue weighted by Gasteiger charge is 2.28. The third kappa shape index (κ3) is 3.47. The highest BCUT2D eigenvalue weighted by Crippen LogP contribution is 2.31. The minimum absolute atomic E-state index is 0.0884. The Bertz CT molecular complexity index is 645. The van der Waals surface area contributed by atoms with Gasteiger partial charge in [-0.1, -0.05) is 42.5 Å². The Kier molecular flexibility index (Phi) is 4.35. The maximum atomic E-state index is 11.4. The molecule has 0 bridgehead atoms. The molecule has 2 aromatic carbocycles. The van der Waals surface area contributed by atoms with E-state index in [0.717, 1.165) is 0 Å². The first-order valence-electron chi connectivity index (χ1n) is 6.02. The molecule has 108 valence electrons. The first kappa shape index (κ1) is 14.3. The molecule has 0 aromatic heterocycles. The first-order chi connectivity index (χ1) is 10.1. The van der Waals surface area contributed by atoms with Crippen LogP contribution in [0, 0.1) is 10.1 Å². The summed E-state index contributed by atoms with van der Waals surface area (Å²) in [4.78, 5) is 26.3. The Hall–Kier alpha value is -3.09. The normalized spacial score (nSPS) is 11.4. The molecular weight excluding hydrogens is 276 g/mol. The second-order valence-electron chi connectivity index (χ2n) is 4.15. The van der Waals surface area contributed by atoms with E-state index in [1.54, 1.807) is 47.9 Å². The lowest BCUT2D eigenvalue weighted by atomic mass is 9.98. The Labute approximate surface area is 119 Å². The van der Waals surface area contributed by atoms with Crippen molar-refractivity contribution in [3.8, 4) is 5.75 Å². The number of hydrogen-bond donors (Lipinski definition) is 2. The third-order valence-corrected chi connectivity index (χ3v) is 2.79. The van der Waals surface area contributed by atoms with Gasteiger partial charge in [0.1, 0.15) is 0 Å². The molecule has 7 heteroatoms. The standard InChI is InChI=1S/C14H12N2O5/c17-14(18)15-21-12-9-5-4-8-11(12)13(16(19)20)10-6-2-1-3-7-10/h1-9,13,15H,(H,17,18). The Morgan fingerprint density at radius 1 is 1.14 bits per heavy atom. The van der Waals surface area contributed by atoms with E-state index < -0.39 is 17.1 Å². The van der Waals surface area contributed by atoms with E-state index in [1.165, 1.54) is 12.1 Å². The summed E-state index contributed by atoms with van der Waals surface area (Å²) in [6, 6.07) is 13.5. The predicted molar refractivity (Wildman–Crippen MR) is 73.5 cm³/mol. The van der Waals surface area contributed by atoms with Crippen molar-refractivity contribution in [2.75, 3.05) is 0 Å². The van der Waals surface area contributed by atoms with Crippen LogP contribution in [0.1, 0.15) is 17.2 Å². The van der Waals surface area contributed by atoms with Crippen LogP contribution in [-0.4, -0.2) is 16.1 Å². The average molecular weight is 288 g/mol. The molecule has 1 unspecified atom stereocenters. The number of carboxylic acid groups (broad SMARTS) is 1. The van der Waals surface area contributed by atoms with Crippen LogP contribution >= 0.6 is 0 Å². The van der Waals surface area contributed by atoms with E-state index >= 15 is 0 Å². The summed E-state index contributed by atoms with van der Waals surface area (Å²) >= 11 is 0. The van der Waals surface area contributed by atoms with Gasteiger partial charge in [0.05, 0.1) is 5.56 Å². The van der Waals surface area contributed by atoms with E-state index in [0.29, 0.717) is 5.56 Å². The molecule has 0 aliphatic rings. The van der Waals surface area contributed by atoms with E-state index in [1.807, 2.05) is 0 Å². The number of benzene rings is 2. The number of amides is 1. The molecule has 2 aromatic rings. The maximum Gasteiger partial charge on any atom is 0.438 e. The molecule has 2 rings (SSSR count). The van der Waals surface area contributed by atoms with Gasteiger partial charge in [-0.3, -0.25) is 10.1 Å². The van der Waals surface area contributed by atoms with Gasteiger partial charge in [-0.15, -0.1) is 0 Å². The van der Waals surface area contributed by atoms with Gasteiger partial charge < -0.3 is 9.94 Å². The third-order valence-electron chi connectivity index (χ3n) is 2.79. The van der Waals surface area contributed by atoms with Crippen LogP contribution in [0.3, 0.4) is 0 Å². The minimum Gasteiger partial charge on any atom is -0.463 e. The number of nitrogens with zero attached hydrogens (tertiary/aromatic N) is 1. The van der Waals surface area contributed by atoms with Crippen LogP contribution in [0.15, 0.2) is 54.6 Å². The highest BCUT2D eigenvalue weighted by atomic mass is 16.7. The Morgan fingerprint density at radius 3 is 2.38 bits per heavy atom. The van der Waals surface area contributed by atoms with E-state index in [2.05, 4.69) is 0 Å². The van der Waals surface area contributed by atoms with Crippen LogP contribution in [0.2, 0.25) is 0 Å². The summed E-state index contributed by atoms with van der Waals surface area (Å²) in [7, 11) is 0. The van der Waals surface area contributed by atoms with Crippen molar-refractivity contribution in [3.63, 3.8) is 0 Å². The number of para-hydroxylation sites is 1. The van der Waals surface area contributed by atoms with Gasteiger partial charge in [-0.05, 0) is 12.1 Å². The number of rotatable bonds is 5. The van der Waals surface area contributed by atoms with Crippen molar-refractivity contribution >= 4 is 6.09 Å². The van der Waals surface area contributed by atoms with E-state index in [4.69, 9.17) is 9.94 Å². The predicted octanol–water partition coefficient (Wildman–Crippen LogP) is 2.61. The van der Waals surface area contributed by atoms with Gasteiger partial charge in [0.25, 0.3) is 6.04 Å². The number of nitro groups is 1. The number of carbonyl (C=O) groups is 1. The molecule has 0 aliphatic heterocycles. The van der Waals surface area contributed by atoms with Crippen LogP contribution in [0.5, 0.6) is 5.75 Å². The lowest BCUT2D eigenvalue weighted by Crippen LogP contribution is -2.26. The summed E-state index contributed by atoms with van der Waals surface area (Å²) in [5.41, 5.74) is 2.49. The largest absolute Gasteiger partial charge is 0.463 e. The van der Waals surface area contributed by atoms with Crippen LogP contribution in [0.25, 0.3) is 0 Å². The molecule has 2 N–H and O–H groups in total. The smallest absolute Gasteiger partial charge is 0.438 e. The molecule has 0 fully saturated rings. The zero-order valence-electron chi connectivity index (χ0n) is 10.8. The summed E-state index contributed by atoms with van der Waals surface area (Å²) in [6.07, 6.45) is -1.39. The van der Waals surface area contributed by atoms with Gasteiger partial charge in [-0.25, -0.2) is 4.79 Å². The first-order valence-corrected chi connectivity index (χ1v) is 6.02. The van der Waals surface area contributed by atoms with Crippen molar-refractivity contribution in [3.05, 3.63) is 75.8 Å². The number of nitrogens with one attached hydrogen (secondary N) is 1. The Balaban J connectivity index is 2.41. The average Bonchev–Trinajstić information content (AvgIpc) is 2.47. The quantitative estimate of drug-likeness (QED) is 0.650. The van der Waals surface area contributed by atoms with Gasteiger partial charge >= 0.3 is 6.09 Å². The molecule has 0 saturated heterocycles. The summed E-state index contributed by atoms with van der Waals surface area (Å²) in [5, 5.41) is 20.0. The monoisotopic (exact) mass is 288 g/mol. The number of hydrogen-bond acceptors (Lipinski definition) is 4. The van der Waals surface area contributed by atoms with Crippen molar-refractivity contribution in [2.24, 2.45) is 0 Å². The molecule has 1 amide bonds. The molecular formula is C14H12N2O5. The maximum absolute atomic E-state index is 11.4. The molecule has 0 saturated carbocycles.